The van der Waals surface area contributed by atoms with Crippen LogP contribution in [-0.2, 0) is 27.5 Å². The van der Waals surface area contributed by atoms with Gasteiger partial charge in [0, 0.05) is 23.6 Å². The molecule has 1 heterocycles. The van der Waals surface area contributed by atoms with Crippen molar-refractivity contribution in [1.29, 1.82) is 0 Å². The first-order chi connectivity index (χ1) is 16.4. The minimum absolute atomic E-state index is 0.0227. The zero-order chi connectivity index (χ0) is 24.2. The number of halogens is 2. The summed E-state index contributed by atoms with van der Waals surface area (Å²) < 4.78 is 33.7. The van der Waals surface area contributed by atoms with E-state index in [0.717, 1.165) is 22.8 Å². The van der Waals surface area contributed by atoms with E-state index in [-0.39, 0.29) is 31.0 Å². The van der Waals surface area contributed by atoms with Crippen LogP contribution in [0.3, 0.4) is 0 Å². The summed E-state index contributed by atoms with van der Waals surface area (Å²) in [5.74, 6) is -3.28. The van der Waals surface area contributed by atoms with E-state index in [2.05, 4.69) is 0 Å². The molecule has 4 rings (SSSR count). The van der Waals surface area contributed by atoms with Crippen LogP contribution >= 0.6 is 0 Å². The van der Waals surface area contributed by atoms with Crippen molar-refractivity contribution in [2.75, 3.05) is 0 Å². The monoisotopic (exact) mass is 461 g/mol. The van der Waals surface area contributed by atoms with E-state index in [4.69, 9.17) is 4.74 Å². The van der Waals surface area contributed by atoms with E-state index in [0.29, 0.717) is 11.3 Å². The minimum Gasteiger partial charge on any atom is -0.457 e. The number of hydrogen-bond donors (Lipinski definition) is 0. The third-order valence-corrected chi connectivity index (χ3v) is 6.18. The Bertz CT molecular complexity index is 1250. The van der Waals surface area contributed by atoms with Crippen LogP contribution in [0.2, 0.25) is 0 Å². The molecule has 1 aliphatic heterocycles. The van der Waals surface area contributed by atoms with E-state index in [1.807, 2.05) is 61.5 Å². The van der Waals surface area contributed by atoms with Crippen LogP contribution in [0.5, 0.6) is 0 Å². The highest BCUT2D eigenvalue weighted by atomic mass is 19.2. The number of aryl methyl sites for hydroxylation is 1. The molecule has 0 unspecified atom stereocenters. The second-order valence-corrected chi connectivity index (χ2v) is 8.37. The van der Waals surface area contributed by atoms with Crippen molar-refractivity contribution in [3.8, 4) is 0 Å². The minimum atomic E-state index is -1.00. The third-order valence-electron chi connectivity index (χ3n) is 6.18. The Morgan fingerprint density at radius 2 is 1.68 bits per heavy atom. The highest BCUT2D eigenvalue weighted by Crippen LogP contribution is 2.39. The first kappa shape index (κ1) is 23.4. The first-order valence-electron chi connectivity index (χ1n) is 11.1. The fraction of sp³-hybridized carbons (Fsp3) is 0.214. The zero-order valence-corrected chi connectivity index (χ0v) is 19.1. The summed E-state index contributed by atoms with van der Waals surface area (Å²) in [4.78, 5) is 27.9. The molecule has 1 aliphatic rings. The van der Waals surface area contributed by atoms with E-state index >= 15 is 0 Å². The molecule has 0 saturated carbocycles. The summed E-state index contributed by atoms with van der Waals surface area (Å²) >= 11 is 0. The van der Waals surface area contributed by atoms with Gasteiger partial charge in [0.25, 0.3) is 0 Å². The predicted octanol–water partition coefficient (Wildman–Crippen LogP) is 5.81. The molecule has 1 amide bonds. The number of ether oxygens (including phenoxy) is 1. The van der Waals surface area contributed by atoms with Gasteiger partial charge in [0.05, 0.1) is 12.1 Å². The van der Waals surface area contributed by atoms with E-state index in [1.54, 1.807) is 6.92 Å². The number of benzene rings is 3. The second kappa shape index (κ2) is 10.00. The van der Waals surface area contributed by atoms with Gasteiger partial charge in [-0.15, -0.1) is 0 Å². The molecule has 3 aromatic carbocycles. The first-order valence-corrected chi connectivity index (χ1v) is 11.1. The lowest BCUT2D eigenvalue weighted by Gasteiger charge is -2.35. The van der Waals surface area contributed by atoms with Crippen molar-refractivity contribution in [2.45, 2.75) is 39.3 Å². The lowest BCUT2D eigenvalue weighted by Crippen LogP contribution is -2.38. The van der Waals surface area contributed by atoms with Crippen molar-refractivity contribution < 1.29 is 23.1 Å². The fourth-order valence-corrected chi connectivity index (χ4v) is 4.35. The molecular weight excluding hydrogens is 436 g/mol. The molecule has 3 aromatic rings. The summed E-state index contributed by atoms with van der Waals surface area (Å²) in [5, 5.41) is 0. The predicted molar refractivity (Wildman–Crippen MR) is 124 cm³/mol. The molecule has 0 bridgehead atoms. The van der Waals surface area contributed by atoms with E-state index < -0.39 is 23.5 Å². The number of nitrogens with zero attached hydrogens (tertiary/aromatic N) is 1. The highest BCUT2D eigenvalue weighted by Gasteiger charge is 2.37. The van der Waals surface area contributed by atoms with Gasteiger partial charge in [-0.3, -0.25) is 4.79 Å². The lowest BCUT2D eigenvalue weighted by atomic mass is 9.81. The fourth-order valence-electron chi connectivity index (χ4n) is 4.35. The quantitative estimate of drug-likeness (QED) is 0.436. The number of esters is 1. The average molecular weight is 462 g/mol. The molecule has 0 fully saturated rings. The topological polar surface area (TPSA) is 46.6 Å². The molecule has 4 nitrogen and oxygen atoms in total. The Morgan fingerprint density at radius 3 is 2.41 bits per heavy atom. The molecule has 1 atom stereocenters. The largest absolute Gasteiger partial charge is 0.457 e. The number of rotatable bonds is 6. The SMILES string of the molecule is CC1=C(C(=O)OCc2ccccc2)[C@H](c2ccccc2C)CC(=O)N1Cc1cccc(F)c1F. The van der Waals surface area contributed by atoms with Gasteiger partial charge in [0.2, 0.25) is 5.91 Å². The van der Waals surface area contributed by atoms with Crippen molar-refractivity contribution in [3.63, 3.8) is 0 Å². The highest BCUT2D eigenvalue weighted by molar-refractivity contribution is 5.96. The van der Waals surface area contributed by atoms with E-state index in [1.165, 1.54) is 17.0 Å². The van der Waals surface area contributed by atoms with Gasteiger partial charge in [0.1, 0.15) is 6.61 Å². The van der Waals surface area contributed by atoms with Gasteiger partial charge >= 0.3 is 5.97 Å². The van der Waals surface area contributed by atoms with Crippen molar-refractivity contribution >= 4 is 11.9 Å². The van der Waals surface area contributed by atoms with Gasteiger partial charge in [-0.25, -0.2) is 13.6 Å². The Labute approximate surface area is 197 Å². The molecule has 0 aromatic heterocycles. The molecule has 0 aliphatic carbocycles. The van der Waals surface area contributed by atoms with Gasteiger partial charge in [0.15, 0.2) is 11.6 Å². The Hall–Kier alpha value is -3.80. The summed E-state index contributed by atoms with van der Waals surface area (Å²) in [6, 6.07) is 20.7. The summed E-state index contributed by atoms with van der Waals surface area (Å²) in [7, 11) is 0. The number of carbonyl (C=O) groups is 2. The molecule has 0 spiro atoms. The van der Waals surface area contributed by atoms with Crippen molar-refractivity contribution in [1.82, 2.24) is 4.90 Å². The number of hydrogen-bond acceptors (Lipinski definition) is 3. The van der Waals surface area contributed by atoms with Gasteiger partial charge in [-0.1, -0.05) is 66.7 Å². The normalized spacial score (nSPS) is 16.1. The van der Waals surface area contributed by atoms with Crippen molar-refractivity contribution in [2.24, 2.45) is 0 Å². The number of allylic oxidation sites excluding steroid dienone is 1. The van der Waals surface area contributed by atoms with Crippen LogP contribution in [0.25, 0.3) is 0 Å². The summed E-state index contributed by atoms with van der Waals surface area (Å²) in [6.07, 6.45) is 0.0227. The van der Waals surface area contributed by atoms with Gasteiger partial charge < -0.3 is 9.64 Å². The molecule has 6 heteroatoms. The summed E-state index contributed by atoms with van der Waals surface area (Å²) in [6.45, 7) is 3.49. The zero-order valence-electron chi connectivity index (χ0n) is 19.1. The third kappa shape index (κ3) is 4.76. The molecule has 174 valence electrons. The van der Waals surface area contributed by atoms with Crippen LogP contribution in [-0.4, -0.2) is 16.8 Å². The molecular formula is C28H25F2NO3. The van der Waals surface area contributed by atoms with Crippen LogP contribution in [0.1, 0.15) is 41.5 Å². The number of amides is 1. The second-order valence-electron chi connectivity index (χ2n) is 8.37. The van der Waals surface area contributed by atoms with E-state index in [9.17, 15) is 18.4 Å². The lowest BCUT2D eigenvalue weighted by molar-refractivity contribution is -0.141. The van der Waals surface area contributed by atoms with Crippen LogP contribution in [0.4, 0.5) is 8.78 Å². The van der Waals surface area contributed by atoms with Crippen molar-refractivity contribution in [3.05, 3.63) is 118 Å². The maximum Gasteiger partial charge on any atom is 0.336 e. The maximum atomic E-state index is 14.3. The van der Waals surface area contributed by atoms with Gasteiger partial charge in [-0.2, -0.15) is 0 Å². The number of carbonyl (C=O) groups excluding carboxylic acids is 2. The average Bonchev–Trinajstić information content (AvgIpc) is 2.83. The van der Waals surface area contributed by atoms with Crippen LogP contribution < -0.4 is 0 Å². The standard InChI is InChI=1S/C28H25F2NO3/c1-18-9-6-7-13-22(18)23-15-25(32)31(16-21-12-8-14-24(29)27(21)30)19(2)26(23)28(33)34-17-20-10-4-3-5-11-20/h3-14,23H,15-17H2,1-2H3/t23-/m0/s1. The maximum absolute atomic E-state index is 14.3. The summed E-state index contributed by atoms with van der Waals surface area (Å²) in [5.41, 5.74) is 3.42. The smallest absolute Gasteiger partial charge is 0.336 e. The van der Waals surface area contributed by atoms with Crippen LogP contribution in [0, 0.1) is 18.6 Å². The molecule has 0 N–H and O–H groups in total. The molecule has 0 saturated heterocycles. The Kier molecular flexibility index (Phi) is 6.87. The molecule has 0 radical (unpaired) electrons. The van der Waals surface area contributed by atoms with Gasteiger partial charge in [-0.05, 0) is 36.6 Å². The molecule has 34 heavy (non-hydrogen) atoms. The van der Waals surface area contributed by atoms with Crippen LogP contribution in [0.15, 0.2) is 84.1 Å². The Morgan fingerprint density at radius 1 is 0.971 bits per heavy atom. The Balaban J connectivity index is 1.72.